The zero-order chi connectivity index (χ0) is 19.0. The Labute approximate surface area is 157 Å². The summed E-state index contributed by atoms with van der Waals surface area (Å²) in [5.41, 5.74) is 8.55. The molecule has 3 aliphatic rings. The summed E-state index contributed by atoms with van der Waals surface area (Å²) in [6.07, 6.45) is 1.48. The van der Waals surface area contributed by atoms with Crippen LogP contribution in [0.2, 0.25) is 0 Å². The normalized spacial score (nSPS) is 27.8. The second kappa shape index (κ2) is 7.03. The summed E-state index contributed by atoms with van der Waals surface area (Å²) >= 11 is 0. The van der Waals surface area contributed by atoms with E-state index in [4.69, 9.17) is 10.5 Å². The van der Waals surface area contributed by atoms with Crippen molar-refractivity contribution in [1.82, 2.24) is 15.5 Å². The van der Waals surface area contributed by atoms with Crippen molar-refractivity contribution in [2.24, 2.45) is 5.73 Å². The van der Waals surface area contributed by atoms with Crippen molar-refractivity contribution < 1.29 is 19.1 Å². The van der Waals surface area contributed by atoms with Gasteiger partial charge >= 0.3 is 0 Å². The number of hydrogen-bond acceptors (Lipinski definition) is 6. The highest BCUT2D eigenvalue weighted by atomic mass is 16.5. The third-order valence-corrected chi connectivity index (χ3v) is 5.53. The first-order valence-electron chi connectivity index (χ1n) is 9.29. The molecule has 4 rings (SSSR count). The smallest absolute Gasteiger partial charge is 0.255 e. The molecule has 2 saturated heterocycles. The molecule has 3 heterocycles. The highest BCUT2D eigenvalue weighted by Crippen LogP contribution is 2.28. The lowest BCUT2D eigenvalue weighted by Gasteiger charge is -2.29. The monoisotopic (exact) mass is 372 g/mol. The number of piperidine rings is 1. The van der Waals surface area contributed by atoms with E-state index in [0.717, 1.165) is 17.5 Å². The summed E-state index contributed by atoms with van der Waals surface area (Å²) in [4.78, 5) is 37.7. The minimum absolute atomic E-state index is 0.150. The number of imide groups is 1. The van der Waals surface area contributed by atoms with E-state index in [1.807, 2.05) is 18.2 Å². The van der Waals surface area contributed by atoms with Crippen molar-refractivity contribution in [1.29, 1.82) is 0 Å². The lowest BCUT2D eigenvalue weighted by atomic mass is 10.0. The SMILES string of the molecule is NC1(CNCc2ccc3c(c2)CN(C2CCC(=O)NC2=O)C3=O)CCOC1. The second-order valence-corrected chi connectivity index (χ2v) is 7.66. The molecule has 8 heteroatoms. The van der Waals surface area contributed by atoms with E-state index in [9.17, 15) is 14.4 Å². The predicted molar refractivity (Wildman–Crippen MR) is 96.5 cm³/mol. The summed E-state index contributed by atoms with van der Waals surface area (Å²) in [6, 6.07) is 5.16. The van der Waals surface area contributed by atoms with Crippen molar-refractivity contribution in [2.75, 3.05) is 19.8 Å². The Morgan fingerprint density at radius 3 is 2.93 bits per heavy atom. The quantitative estimate of drug-likeness (QED) is 0.609. The fraction of sp³-hybridized carbons (Fsp3) is 0.526. The Hall–Kier alpha value is -2.29. The minimum Gasteiger partial charge on any atom is -0.379 e. The van der Waals surface area contributed by atoms with Gasteiger partial charge in [-0.3, -0.25) is 19.7 Å². The van der Waals surface area contributed by atoms with Crippen molar-refractivity contribution in [2.45, 2.75) is 43.9 Å². The third-order valence-electron chi connectivity index (χ3n) is 5.53. The highest BCUT2D eigenvalue weighted by Gasteiger charge is 2.39. The molecular weight excluding hydrogens is 348 g/mol. The summed E-state index contributed by atoms with van der Waals surface area (Å²) in [6.45, 7) is 2.99. The molecule has 0 spiro atoms. The Balaban J connectivity index is 1.40. The number of hydrogen-bond donors (Lipinski definition) is 3. The number of amides is 3. The number of fused-ring (bicyclic) bond motifs is 1. The molecular formula is C19H24N4O4. The van der Waals surface area contributed by atoms with Crippen LogP contribution in [0, 0.1) is 0 Å². The number of nitrogens with two attached hydrogens (primary N) is 1. The maximum absolute atomic E-state index is 12.7. The number of nitrogens with zero attached hydrogens (tertiary/aromatic N) is 1. The molecule has 0 aliphatic carbocycles. The lowest BCUT2D eigenvalue weighted by molar-refractivity contribution is -0.136. The number of ether oxygens (including phenoxy) is 1. The van der Waals surface area contributed by atoms with Gasteiger partial charge in [0.05, 0.1) is 12.1 Å². The molecule has 0 aromatic heterocycles. The highest BCUT2D eigenvalue weighted by molar-refractivity contribution is 6.05. The third kappa shape index (κ3) is 3.60. The van der Waals surface area contributed by atoms with Gasteiger partial charge in [-0.05, 0) is 30.0 Å². The van der Waals surface area contributed by atoms with E-state index in [1.54, 1.807) is 4.90 Å². The molecule has 2 unspecified atom stereocenters. The van der Waals surface area contributed by atoms with Crippen molar-refractivity contribution >= 4 is 17.7 Å². The first-order valence-corrected chi connectivity index (χ1v) is 9.29. The Morgan fingerprint density at radius 2 is 2.19 bits per heavy atom. The van der Waals surface area contributed by atoms with Gasteiger partial charge in [-0.2, -0.15) is 0 Å². The molecule has 8 nitrogen and oxygen atoms in total. The number of rotatable bonds is 5. The molecule has 2 fully saturated rings. The van der Waals surface area contributed by atoms with Gasteiger partial charge in [-0.15, -0.1) is 0 Å². The summed E-state index contributed by atoms with van der Waals surface area (Å²) < 4.78 is 5.36. The van der Waals surface area contributed by atoms with Crippen molar-refractivity contribution in [3.63, 3.8) is 0 Å². The number of benzene rings is 1. The summed E-state index contributed by atoms with van der Waals surface area (Å²) in [5.74, 6) is -0.816. The van der Waals surface area contributed by atoms with E-state index in [0.29, 0.717) is 44.8 Å². The van der Waals surface area contributed by atoms with Crippen LogP contribution < -0.4 is 16.4 Å². The Morgan fingerprint density at radius 1 is 1.33 bits per heavy atom. The molecule has 3 amide bonds. The fourth-order valence-corrected chi connectivity index (χ4v) is 3.96. The molecule has 0 saturated carbocycles. The maximum Gasteiger partial charge on any atom is 0.255 e. The largest absolute Gasteiger partial charge is 0.379 e. The first-order chi connectivity index (χ1) is 13.0. The van der Waals surface area contributed by atoms with E-state index in [2.05, 4.69) is 10.6 Å². The fourth-order valence-electron chi connectivity index (χ4n) is 3.96. The second-order valence-electron chi connectivity index (χ2n) is 7.66. The van der Waals surface area contributed by atoms with Crippen LogP contribution in [-0.2, 0) is 27.4 Å². The Kier molecular flexibility index (Phi) is 4.71. The first kappa shape index (κ1) is 18.1. The van der Waals surface area contributed by atoms with Gasteiger partial charge in [0.15, 0.2) is 0 Å². The van der Waals surface area contributed by atoms with Crippen LogP contribution in [0.1, 0.15) is 40.7 Å². The van der Waals surface area contributed by atoms with Gasteiger partial charge in [0.1, 0.15) is 6.04 Å². The average molecular weight is 372 g/mol. The van der Waals surface area contributed by atoms with Crippen LogP contribution in [0.4, 0.5) is 0 Å². The van der Waals surface area contributed by atoms with Crippen LogP contribution in [0.3, 0.4) is 0 Å². The number of carbonyl (C=O) groups excluding carboxylic acids is 3. The van der Waals surface area contributed by atoms with Gasteiger partial charge < -0.3 is 20.7 Å². The molecule has 1 aromatic carbocycles. The standard InChI is InChI=1S/C19H24N4O4/c20-19(5-6-27-11-19)10-21-8-12-1-2-14-13(7-12)9-23(18(14)26)15-3-4-16(24)22-17(15)25/h1-2,7,15,21H,3-6,8-11,20H2,(H,22,24,25). The minimum atomic E-state index is -0.580. The zero-order valence-electron chi connectivity index (χ0n) is 15.1. The topological polar surface area (TPSA) is 114 Å². The maximum atomic E-state index is 12.7. The molecule has 0 radical (unpaired) electrons. The molecule has 3 aliphatic heterocycles. The molecule has 27 heavy (non-hydrogen) atoms. The van der Waals surface area contributed by atoms with Crippen LogP contribution in [0.15, 0.2) is 18.2 Å². The average Bonchev–Trinajstić information content (AvgIpc) is 3.19. The number of nitrogens with one attached hydrogen (secondary N) is 2. The van der Waals surface area contributed by atoms with E-state index >= 15 is 0 Å². The van der Waals surface area contributed by atoms with Gasteiger partial charge in [0.2, 0.25) is 11.8 Å². The van der Waals surface area contributed by atoms with E-state index in [-0.39, 0.29) is 29.7 Å². The summed E-state index contributed by atoms with van der Waals surface area (Å²) in [7, 11) is 0. The molecule has 2 atom stereocenters. The Bertz CT molecular complexity index is 788. The molecule has 4 N–H and O–H groups in total. The van der Waals surface area contributed by atoms with Crippen LogP contribution in [-0.4, -0.2) is 54.0 Å². The molecule has 0 bridgehead atoms. The van der Waals surface area contributed by atoms with Gasteiger partial charge in [-0.25, -0.2) is 0 Å². The van der Waals surface area contributed by atoms with E-state index in [1.165, 1.54) is 0 Å². The van der Waals surface area contributed by atoms with Crippen molar-refractivity contribution in [3.8, 4) is 0 Å². The van der Waals surface area contributed by atoms with Gasteiger partial charge in [0, 0.05) is 38.2 Å². The van der Waals surface area contributed by atoms with E-state index < -0.39 is 6.04 Å². The molecule has 1 aromatic rings. The van der Waals surface area contributed by atoms with Crippen molar-refractivity contribution in [3.05, 3.63) is 34.9 Å². The molecule has 144 valence electrons. The van der Waals surface area contributed by atoms with Crippen LogP contribution >= 0.6 is 0 Å². The zero-order valence-corrected chi connectivity index (χ0v) is 15.1. The van der Waals surface area contributed by atoms with Crippen LogP contribution in [0.5, 0.6) is 0 Å². The predicted octanol–water partition coefficient (Wildman–Crippen LogP) is -0.345. The number of carbonyl (C=O) groups is 3. The van der Waals surface area contributed by atoms with Gasteiger partial charge in [0.25, 0.3) is 5.91 Å². The van der Waals surface area contributed by atoms with Crippen LogP contribution in [0.25, 0.3) is 0 Å². The lowest BCUT2D eigenvalue weighted by Crippen LogP contribution is -2.52. The summed E-state index contributed by atoms with van der Waals surface area (Å²) in [5, 5.41) is 5.69. The van der Waals surface area contributed by atoms with Gasteiger partial charge in [-0.1, -0.05) is 12.1 Å².